The van der Waals surface area contributed by atoms with Crippen LogP contribution in [0.15, 0.2) is 0 Å². The molecule has 0 radical (unpaired) electrons. The zero-order valence-corrected chi connectivity index (χ0v) is 13.3. The number of rotatable bonds is 12. The number of hydrogen-bond donors (Lipinski definition) is 2. The van der Waals surface area contributed by atoms with Gasteiger partial charge in [0, 0.05) is 12.8 Å². The smallest absolute Gasteiger partial charge is 0.190 e. The molecule has 0 aromatic carbocycles. The van der Waals surface area contributed by atoms with Crippen LogP contribution in [0, 0.1) is 0 Å². The van der Waals surface area contributed by atoms with E-state index in [0.29, 0.717) is 11.1 Å². The van der Waals surface area contributed by atoms with E-state index in [1.807, 2.05) is 0 Å². The first-order chi connectivity index (χ1) is 8.54. The highest BCUT2D eigenvalue weighted by molar-refractivity contribution is 7.75. The summed E-state index contributed by atoms with van der Waals surface area (Å²) in [5, 5.41) is 10.2. The van der Waals surface area contributed by atoms with E-state index < -0.39 is 0 Å². The summed E-state index contributed by atoms with van der Waals surface area (Å²) in [7, 11) is 4.17. The fourth-order valence-electron chi connectivity index (χ4n) is 2.14. The molecule has 0 spiro atoms. The highest BCUT2D eigenvalue weighted by Gasteiger charge is 2.24. The lowest BCUT2D eigenvalue weighted by atomic mass is 10.1. The van der Waals surface area contributed by atoms with Crippen LogP contribution < -0.4 is 0 Å². The fourth-order valence-corrected chi connectivity index (χ4v) is 2.27. The largest absolute Gasteiger partial charge is 0.345 e. The molecule has 4 heteroatoms. The molecule has 0 amide bonds. The summed E-state index contributed by atoms with van der Waals surface area (Å²) in [5.41, 5.74) is 0. The zero-order valence-electron chi connectivity index (χ0n) is 12.4. The summed E-state index contributed by atoms with van der Waals surface area (Å²) in [6, 6.07) is 0. The van der Waals surface area contributed by atoms with Crippen LogP contribution in [0.5, 0.6) is 0 Å². The first kappa shape index (κ1) is 18.2. The Labute approximate surface area is 119 Å². The molecule has 0 aromatic heterocycles. The molecule has 0 aliphatic heterocycles. The topological polar surface area (TPSA) is 29.5 Å². The zero-order chi connectivity index (χ0) is 13.9. The van der Waals surface area contributed by atoms with Gasteiger partial charge in [0.05, 0.1) is 27.2 Å². The molecule has 0 aliphatic carbocycles. The fraction of sp³-hybridized carbons (Fsp3) is 1.00. The van der Waals surface area contributed by atoms with Crippen LogP contribution >= 0.6 is 12.9 Å². The molecular weight excluding hydrogens is 246 g/mol. The molecule has 1 N–H and O–H groups in total. The summed E-state index contributed by atoms with van der Waals surface area (Å²) in [6.45, 7) is 3.81. The minimum Gasteiger partial charge on any atom is -0.345 e. The van der Waals surface area contributed by atoms with Crippen LogP contribution in [0.25, 0.3) is 0 Å². The molecular formula is C14H32NO2S+. The van der Waals surface area contributed by atoms with Gasteiger partial charge in [0.1, 0.15) is 0 Å². The highest BCUT2D eigenvalue weighted by atomic mass is 32.1. The van der Waals surface area contributed by atoms with Crippen molar-refractivity contribution in [2.75, 3.05) is 27.2 Å². The molecule has 110 valence electrons. The van der Waals surface area contributed by atoms with Crippen LogP contribution in [0.2, 0.25) is 0 Å². The van der Waals surface area contributed by atoms with E-state index in [0.717, 1.165) is 25.8 Å². The number of unbranched alkanes of at least 4 members (excludes halogenated alkanes) is 5. The molecule has 1 unspecified atom stereocenters. The second-order valence-electron chi connectivity index (χ2n) is 5.73. The van der Waals surface area contributed by atoms with E-state index in [4.69, 9.17) is 4.18 Å². The maximum atomic E-state index is 10.2. The van der Waals surface area contributed by atoms with Gasteiger partial charge in [0.25, 0.3) is 0 Å². The lowest BCUT2D eigenvalue weighted by molar-refractivity contribution is -0.937. The predicted octanol–water partition coefficient (Wildman–Crippen LogP) is 3.38. The number of hydrogen-bond acceptors (Lipinski definition) is 3. The molecule has 18 heavy (non-hydrogen) atoms. The normalized spacial score (nSPS) is 13.8. The summed E-state index contributed by atoms with van der Waals surface area (Å²) >= 11 is 3.73. The van der Waals surface area contributed by atoms with E-state index >= 15 is 0 Å². The van der Waals surface area contributed by atoms with Gasteiger partial charge in [-0.3, -0.25) is 0 Å². The van der Waals surface area contributed by atoms with Crippen molar-refractivity contribution in [2.45, 2.75) is 64.5 Å². The Kier molecular flexibility index (Phi) is 11.2. The molecule has 0 saturated carbocycles. The third kappa shape index (κ3) is 9.20. The second kappa shape index (κ2) is 11.1. The average molecular weight is 278 g/mol. The summed E-state index contributed by atoms with van der Waals surface area (Å²) in [6.07, 6.45) is 9.24. The van der Waals surface area contributed by atoms with Crippen molar-refractivity contribution in [1.29, 1.82) is 0 Å². The lowest BCUT2D eigenvalue weighted by Gasteiger charge is -2.34. The average Bonchev–Trinajstić information content (AvgIpc) is 2.33. The maximum Gasteiger partial charge on any atom is 0.190 e. The lowest BCUT2D eigenvalue weighted by Crippen LogP contribution is -2.49. The van der Waals surface area contributed by atoms with Gasteiger partial charge < -0.3 is 13.8 Å². The van der Waals surface area contributed by atoms with E-state index in [9.17, 15) is 5.11 Å². The van der Waals surface area contributed by atoms with Crippen molar-refractivity contribution in [3.63, 3.8) is 0 Å². The molecule has 0 rings (SSSR count). The van der Waals surface area contributed by atoms with Crippen molar-refractivity contribution in [3.8, 4) is 0 Å². The van der Waals surface area contributed by atoms with Crippen LogP contribution in [-0.4, -0.2) is 43.1 Å². The van der Waals surface area contributed by atoms with Crippen molar-refractivity contribution in [1.82, 2.24) is 0 Å². The predicted molar refractivity (Wildman–Crippen MR) is 80.5 cm³/mol. The van der Waals surface area contributed by atoms with Gasteiger partial charge in [0.2, 0.25) is 0 Å². The Bertz CT molecular complexity index is 189. The minimum absolute atomic E-state index is 0.254. The number of aliphatic hydroxyl groups excluding tert-OH is 1. The van der Waals surface area contributed by atoms with E-state index in [-0.39, 0.29) is 6.23 Å². The Morgan fingerprint density at radius 1 is 1.06 bits per heavy atom. The molecule has 0 aliphatic rings. The van der Waals surface area contributed by atoms with Crippen LogP contribution in [0.3, 0.4) is 0 Å². The summed E-state index contributed by atoms with van der Waals surface area (Å²) in [4.78, 5) is 0. The third-order valence-electron chi connectivity index (χ3n) is 3.59. The van der Waals surface area contributed by atoms with Gasteiger partial charge in [-0.2, -0.15) is 0 Å². The van der Waals surface area contributed by atoms with Gasteiger partial charge in [-0.25, -0.2) is 0 Å². The number of thiol groups is 1. The summed E-state index contributed by atoms with van der Waals surface area (Å²) < 4.78 is 5.41. The van der Waals surface area contributed by atoms with Gasteiger partial charge in [-0.05, 0) is 19.3 Å². The Morgan fingerprint density at radius 3 is 2.28 bits per heavy atom. The maximum absolute atomic E-state index is 10.2. The van der Waals surface area contributed by atoms with Gasteiger partial charge in [-0.15, -0.1) is 0 Å². The number of quaternary nitrogens is 1. The van der Waals surface area contributed by atoms with Gasteiger partial charge in [-0.1, -0.05) is 39.0 Å². The standard InChI is InChI=1S/C14H31NO2S/c1-4-5-6-7-8-9-11-14(16)15(2,3)12-10-13-17-18/h14,16H,4-13H2,1-3H3/p+1. The molecule has 3 nitrogen and oxygen atoms in total. The monoisotopic (exact) mass is 278 g/mol. The van der Waals surface area contributed by atoms with E-state index in [2.05, 4.69) is 33.9 Å². The first-order valence-corrected chi connectivity index (χ1v) is 7.68. The van der Waals surface area contributed by atoms with Crippen LogP contribution in [0.4, 0.5) is 0 Å². The van der Waals surface area contributed by atoms with Gasteiger partial charge in [0.15, 0.2) is 6.23 Å². The number of nitrogens with zero attached hydrogens (tertiary/aromatic N) is 1. The minimum atomic E-state index is -0.254. The van der Waals surface area contributed by atoms with Crippen molar-refractivity contribution in [3.05, 3.63) is 0 Å². The summed E-state index contributed by atoms with van der Waals surface area (Å²) in [5.74, 6) is 0. The first-order valence-electron chi connectivity index (χ1n) is 7.31. The second-order valence-corrected chi connectivity index (χ2v) is 5.98. The third-order valence-corrected chi connectivity index (χ3v) is 3.78. The molecule has 1 atom stereocenters. The molecule has 0 fully saturated rings. The highest BCUT2D eigenvalue weighted by Crippen LogP contribution is 2.14. The molecule has 0 saturated heterocycles. The van der Waals surface area contributed by atoms with Crippen molar-refractivity contribution >= 4 is 12.9 Å². The van der Waals surface area contributed by atoms with Gasteiger partial charge >= 0.3 is 0 Å². The Balaban J connectivity index is 3.61. The molecule has 0 heterocycles. The van der Waals surface area contributed by atoms with Crippen LogP contribution in [0.1, 0.15) is 58.3 Å². The SMILES string of the molecule is CCCCCCCCC(O)[N+](C)(C)CCCOS. The Hall–Kier alpha value is 0.230. The quantitative estimate of drug-likeness (QED) is 0.188. The van der Waals surface area contributed by atoms with Crippen molar-refractivity contribution < 1.29 is 13.8 Å². The molecule has 0 aromatic rings. The Morgan fingerprint density at radius 2 is 1.67 bits per heavy atom. The van der Waals surface area contributed by atoms with Crippen LogP contribution in [-0.2, 0) is 4.18 Å². The van der Waals surface area contributed by atoms with Crippen molar-refractivity contribution in [2.24, 2.45) is 0 Å². The van der Waals surface area contributed by atoms with E-state index in [1.54, 1.807) is 0 Å². The molecule has 0 bridgehead atoms. The number of aliphatic hydroxyl groups is 1. The van der Waals surface area contributed by atoms with E-state index in [1.165, 1.54) is 32.1 Å².